The van der Waals surface area contributed by atoms with Gasteiger partial charge in [0.2, 0.25) is 0 Å². The molecule has 4 heteroatoms. The summed E-state index contributed by atoms with van der Waals surface area (Å²) in [4.78, 5) is 7.02. The largest absolute Gasteiger partial charge is 0.314 e. The number of fused-ring (bicyclic) bond motifs is 1. The van der Waals surface area contributed by atoms with Crippen molar-refractivity contribution in [2.45, 2.75) is 6.54 Å². The van der Waals surface area contributed by atoms with Crippen LogP contribution in [0.3, 0.4) is 0 Å². The Morgan fingerprint density at radius 1 is 1.22 bits per heavy atom. The highest BCUT2D eigenvalue weighted by Crippen LogP contribution is 2.26. The fourth-order valence-corrected chi connectivity index (χ4v) is 2.89. The van der Waals surface area contributed by atoms with Crippen molar-refractivity contribution in [2.24, 2.45) is 0 Å². The third-order valence-corrected chi connectivity index (χ3v) is 4.10. The maximum Gasteiger partial charge on any atom is 0.0758 e. The van der Waals surface area contributed by atoms with Crippen molar-refractivity contribution < 1.29 is 0 Å². The van der Waals surface area contributed by atoms with Gasteiger partial charge >= 0.3 is 0 Å². The fraction of sp³-hybridized carbons (Fsp3) is 0.357. The molecule has 2 heterocycles. The lowest BCUT2D eigenvalue weighted by Gasteiger charge is -2.27. The quantitative estimate of drug-likeness (QED) is 0.923. The lowest BCUT2D eigenvalue weighted by Crippen LogP contribution is -2.42. The van der Waals surface area contributed by atoms with Crippen LogP contribution in [-0.4, -0.2) is 36.1 Å². The van der Waals surface area contributed by atoms with E-state index in [9.17, 15) is 0 Å². The van der Waals surface area contributed by atoms with Crippen molar-refractivity contribution in [1.82, 2.24) is 15.2 Å². The Morgan fingerprint density at radius 2 is 2.06 bits per heavy atom. The van der Waals surface area contributed by atoms with E-state index in [0.717, 1.165) is 42.7 Å². The second-order valence-electron chi connectivity index (χ2n) is 4.63. The SMILES string of the molecule is Brc1ccc(CN2CCNCC2)c2ncccc12. The molecule has 1 aliphatic heterocycles. The zero-order chi connectivity index (χ0) is 12.4. The van der Waals surface area contributed by atoms with Gasteiger partial charge in [0.05, 0.1) is 5.52 Å². The molecule has 1 N–H and O–H groups in total. The van der Waals surface area contributed by atoms with Crippen LogP contribution in [0.15, 0.2) is 34.9 Å². The summed E-state index contributed by atoms with van der Waals surface area (Å²) in [5.41, 5.74) is 2.43. The number of rotatable bonds is 2. The van der Waals surface area contributed by atoms with Crippen LogP contribution in [0.5, 0.6) is 0 Å². The predicted octanol–water partition coefficient (Wildman–Crippen LogP) is 2.40. The molecule has 94 valence electrons. The summed E-state index contributed by atoms with van der Waals surface area (Å²) in [5.74, 6) is 0. The fourth-order valence-electron chi connectivity index (χ4n) is 2.43. The van der Waals surface area contributed by atoms with E-state index in [1.54, 1.807) is 0 Å². The lowest BCUT2D eigenvalue weighted by molar-refractivity contribution is 0.234. The second kappa shape index (κ2) is 5.34. The molecular formula is C14H16BrN3. The van der Waals surface area contributed by atoms with Crippen molar-refractivity contribution in [3.8, 4) is 0 Å². The van der Waals surface area contributed by atoms with Gasteiger partial charge in [-0.2, -0.15) is 0 Å². The van der Waals surface area contributed by atoms with Gasteiger partial charge in [-0.05, 0) is 17.7 Å². The van der Waals surface area contributed by atoms with Gasteiger partial charge in [-0.15, -0.1) is 0 Å². The van der Waals surface area contributed by atoms with Crippen LogP contribution >= 0.6 is 15.9 Å². The van der Waals surface area contributed by atoms with Crippen molar-refractivity contribution in [3.05, 3.63) is 40.5 Å². The molecule has 1 aliphatic rings. The van der Waals surface area contributed by atoms with E-state index >= 15 is 0 Å². The second-order valence-corrected chi connectivity index (χ2v) is 5.49. The maximum atomic E-state index is 4.54. The van der Waals surface area contributed by atoms with Crippen LogP contribution < -0.4 is 5.32 Å². The van der Waals surface area contributed by atoms with Crippen molar-refractivity contribution >= 4 is 26.8 Å². The molecule has 3 nitrogen and oxygen atoms in total. The summed E-state index contributed by atoms with van der Waals surface area (Å²) in [6, 6.07) is 8.42. The van der Waals surface area contributed by atoms with E-state index in [0.29, 0.717) is 0 Å². The van der Waals surface area contributed by atoms with E-state index in [1.807, 2.05) is 12.3 Å². The number of benzene rings is 1. The van der Waals surface area contributed by atoms with E-state index in [4.69, 9.17) is 0 Å². The molecular weight excluding hydrogens is 290 g/mol. The molecule has 0 aliphatic carbocycles. The monoisotopic (exact) mass is 305 g/mol. The Kier molecular flexibility index (Phi) is 3.59. The molecule has 0 spiro atoms. The Morgan fingerprint density at radius 3 is 2.89 bits per heavy atom. The molecule has 1 saturated heterocycles. The Balaban J connectivity index is 1.94. The predicted molar refractivity (Wildman–Crippen MR) is 77.6 cm³/mol. The maximum absolute atomic E-state index is 4.54. The number of nitrogens with zero attached hydrogens (tertiary/aromatic N) is 2. The zero-order valence-corrected chi connectivity index (χ0v) is 11.8. The summed E-state index contributed by atoms with van der Waals surface area (Å²) in [7, 11) is 0. The van der Waals surface area contributed by atoms with Crippen LogP contribution in [-0.2, 0) is 6.54 Å². The van der Waals surface area contributed by atoms with E-state index in [2.05, 4.69) is 49.3 Å². The average molecular weight is 306 g/mol. The summed E-state index contributed by atoms with van der Waals surface area (Å²) in [6.07, 6.45) is 1.87. The first kappa shape index (κ1) is 12.1. The third-order valence-electron chi connectivity index (χ3n) is 3.40. The van der Waals surface area contributed by atoms with Gasteiger partial charge in [-0.3, -0.25) is 9.88 Å². The van der Waals surface area contributed by atoms with Crippen molar-refractivity contribution in [2.75, 3.05) is 26.2 Å². The lowest BCUT2D eigenvalue weighted by atomic mass is 10.1. The molecule has 0 unspecified atom stereocenters. The first-order chi connectivity index (χ1) is 8.84. The van der Waals surface area contributed by atoms with Crippen molar-refractivity contribution in [1.29, 1.82) is 0 Å². The molecule has 18 heavy (non-hydrogen) atoms. The molecule has 0 bridgehead atoms. The number of aromatic nitrogens is 1. The molecule has 0 saturated carbocycles. The van der Waals surface area contributed by atoms with Gasteiger partial charge in [0.25, 0.3) is 0 Å². The third kappa shape index (κ3) is 2.41. The van der Waals surface area contributed by atoms with Crippen LogP contribution in [0.25, 0.3) is 10.9 Å². The molecule has 1 aromatic carbocycles. The van der Waals surface area contributed by atoms with Crippen LogP contribution in [0.1, 0.15) is 5.56 Å². The molecule has 1 aromatic heterocycles. The minimum absolute atomic E-state index is 0.989. The molecule has 0 atom stereocenters. The number of hydrogen-bond acceptors (Lipinski definition) is 3. The number of piperazine rings is 1. The highest BCUT2D eigenvalue weighted by Gasteiger charge is 2.12. The normalized spacial score (nSPS) is 17.2. The molecule has 0 amide bonds. The minimum atomic E-state index is 0.989. The molecule has 0 radical (unpaired) electrons. The highest BCUT2D eigenvalue weighted by molar-refractivity contribution is 9.10. The number of nitrogens with one attached hydrogen (secondary N) is 1. The van der Waals surface area contributed by atoms with Crippen LogP contribution in [0.4, 0.5) is 0 Å². The standard InChI is InChI=1S/C14H16BrN3/c15-13-4-3-11(10-18-8-6-16-7-9-18)14-12(13)2-1-5-17-14/h1-5,16H,6-10H2. The number of halogens is 1. The van der Waals surface area contributed by atoms with Crippen LogP contribution in [0.2, 0.25) is 0 Å². The number of hydrogen-bond donors (Lipinski definition) is 1. The van der Waals surface area contributed by atoms with Gasteiger partial charge in [0, 0.05) is 48.8 Å². The van der Waals surface area contributed by atoms with Crippen LogP contribution in [0, 0.1) is 0 Å². The van der Waals surface area contributed by atoms with E-state index < -0.39 is 0 Å². The van der Waals surface area contributed by atoms with E-state index in [-0.39, 0.29) is 0 Å². The summed E-state index contributed by atoms with van der Waals surface area (Å²) in [6.45, 7) is 5.39. The minimum Gasteiger partial charge on any atom is -0.314 e. The first-order valence-corrected chi connectivity index (χ1v) is 7.09. The summed E-state index contributed by atoms with van der Waals surface area (Å²) < 4.78 is 1.12. The Labute approximate surface area is 115 Å². The molecule has 2 aromatic rings. The highest BCUT2D eigenvalue weighted by atomic mass is 79.9. The number of pyridine rings is 1. The van der Waals surface area contributed by atoms with Gasteiger partial charge in [0.15, 0.2) is 0 Å². The van der Waals surface area contributed by atoms with E-state index in [1.165, 1.54) is 10.9 Å². The summed E-state index contributed by atoms with van der Waals surface area (Å²) >= 11 is 3.59. The average Bonchev–Trinajstić information content (AvgIpc) is 2.44. The molecule has 1 fully saturated rings. The smallest absolute Gasteiger partial charge is 0.0758 e. The first-order valence-electron chi connectivity index (χ1n) is 6.30. The Bertz CT molecular complexity index is 550. The van der Waals surface area contributed by atoms with Gasteiger partial charge in [0.1, 0.15) is 0 Å². The summed E-state index contributed by atoms with van der Waals surface area (Å²) in [5, 5.41) is 4.58. The van der Waals surface area contributed by atoms with Gasteiger partial charge in [-0.25, -0.2) is 0 Å². The van der Waals surface area contributed by atoms with Gasteiger partial charge in [-0.1, -0.05) is 28.1 Å². The van der Waals surface area contributed by atoms with Gasteiger partial charge < -0.3 is 5.32 Å². The topological polar surface area (TPSA) is 28.2 Å². The Hall–Kier alpha value is -0.970. The van der Waals surface area contributed by atoms with Crippen molar-refractivity contribution in [3.63, 3.8) is 0 Å². The molecule has 3 rings (SSSR count). The zero-order valence-electron chi connectivity index (χ0n) is 10.2.